The van der Waals surface area contributed by atoms with E-state index in [1.165, 1.54) is 33.3 Å². The zero-order chi connectivity index (χ0) is 18.6. The Morgan fingerprint density at radius 1 is 1.28 bits per heavy atom. The lowest BCUT2D eigenvalue weighted by Gasteiger charge is -2.24. The Kier molecular flexibility index (Phi) is 6.39. The van der Waals surface area contributed by atoms with Crippen molar-refractivity contribution in [2.75, 3.05) is 7.11 Å². The molecule has 1 aliphatic carbocycles. The molecule has 138 valence electrons. The first kappa shape index (κ1) is 19.2. The number of nitrogens with one attached hydrogen (secondary N) is 1. The summed E-state index contributed by atoms with van der Waals surface area (Å²) in [4.78, 5) is 36.8. The Hall–Kier alpha value is -2.11. The third kappa shape index (κ3) is 4.50. The van der Waals surface area contributed by atoms with Gasteiger partial charge < -0.3 is 14.6 Å². The Morgan fingerprint density at radius 2 is 1.92 bits per heavy atom. The van der Waals surface area contributed by atoms with E-state index in [2.05, 4.69) is 10.1 Å². The Bertz CT molecular complexity index is 702. The van der Waals surface area contributed by atoms with Gasteiger partial charge in [0.1, 0.15) is 11.6 Å². The Morgan fingerprint density at radius 3 is 2.52 bits per heavy atom. The number of aryl methyl sites for hydroxylation is 1. The first-order valence-corrected chi connectivity index (χ1v) is 8.94. The van der Waals surface area contributed by atoms with E-state index >= 15 is 0 Å². The SMILES string of the molecule is COC(=O)C(C)NC(=O)c1cc(C)c(C)n(CC2CCCCC2)c1=O. The number of nitrogens with zero attached hydrogens (tertiary/aromatic N) is 1. The third-order valence-electron chi connectivity index (χ3n) is 5.12. The monoisotopic (exact) mass is 348 g/mol. The van der Waals surface area contributed by atoms with Crippen molar-refractivity contribution in [3.05, 3.63) is 33.2 Å². The summed E-state index contributed by atoms with van der Waals surface area (Å²) in [6.07, 6.45) is 5.92. The van der Waals surface area contributed by atoms with Crippen molar-refractivity contribution in [3.63, 3.8) is 0 Å². The van der Waals surface area contributed by atoms with E-state index in [0.29, 0.717) is 12.5 Å². The molecular weight excluding hydrogens is 320 g/mol. The maximum atomic E-state index is 12.9. The zero-order valence-corrected chi connectivity index (χ0v) is 15.6. The smallest absolute Gasteiger partial charge is 0.328 e. The van der Waals surface area contributed by atoms with E-state index in [1.54, 1.807) is 10.6 Å². The summed E-state index contributed by atoms with van der Waals surface area (Å²) < 4.78 is 6.33. The van der Waals surface area contributed by atoms with Crippen LogP contribution in [0.25, 0.3) is 0 Å². The second-order valence-corrected chi connectivity index (χ2v) is 6.96. The summed E-state index contributed by atoms with van der Waals surface area (Å²) in [5.41, 5.74) is 1.58. The quantitative estimate of drug-likeness (QED) is 0.829. The van der Waals surface area contributed by atoms with E-state index in [4.69, 9.17) is 0 Å². The molecule has 1 aromatic rings. The standard InChI is InChI=1S/C19H28N2O4/c1-12-10-16(17(22)20-13(2)19(24)25-4)18(23)21(14(12)3)11-15-8-6-5-7-9-15/h10,13,15H,5-9,11H2,1-4H3,(H,20,22). The summed E-state index contributed by atoms with van der Waals surface area (Å²) in [6, 6.07) is 0.805. The van der Waals surface area contributed by atoms with Crippen LogP contribution in [0.4, 0.5) is 0 Å². The molecule has 6 nitrogen and oxygen atoms in total. The maximum Gasteiger partial charge on any atom is 0.328 e. The number of rotatable bonds is 5. The lowest BCUT2D eigenvalue weighted by molar-refractivity contribution is -0.142. The van der Waals surface area contributed by atoms with Crippen LogP contribution in [0.1, 0.15) is 60.6 Å². The average Bonchev–Trinajstić information content (AvgIpc) is 2.61. The first-order valence-electron chi connectivity index (χ1n) is 8.94. The van der Waals surface area contributed by atoms with Crippen LogP contribution >= 0.6 is 0 Å². The molecular formula is C19H28N2O4. The fourth-order valence-electron chi connectivity index (χ4n) is 3.41. The Labute approximate surface area is 148 Å². The highest BCUT2D eigenvalue weighted by molar-refractivity contribution is 5.96. The number of carbonyl (C=O) groups excluding carboxylic acids is 2. The van der Waals surface area contributed by atoms with Gasteiger partial charge in [0.2, 0.25) is 0 Å². The van der Waals surface area contributed by atoms with Crippen LogP contribution in [0.5, 0.6) is 0 Å². The zero-order valence-electron chi connectivity index (χ0n) is 15.6. The number of hydrogen-bond acceptors (Lipinski definition) is 4. The van der Waals surface area contributed by atoms with Crippen molar-refractivity contribution in [2.45, 2.75) is 65.5 Å². The second kappa shape index (κ2) is 8.32. The largest absolute Gasteiger partial charge is 0.467 e. The lowest BCUT2D eigenvalue weighted by atomic mass is 9.89. The minimum Gasteiger partial charge on any atom is -0.467 e. The third-order valence-corrected chi connectivity index (χ3v) is 5.12. The normalized spacial score (nSPS) is 16.3. The molecule has 1 saturated carbocycles. The van der Waals surface area contributed by atoms with Gasteiger partial charge in [-0.05, 0) is 51.2 Å². The van der Waals surface area contributed by atoms with Crippen LogP contribution < -0.4 is 10.9 Å². The van der Waals surface area contributed by atoms with Gasteiger partial charge in [0, 0.05) is 12.2 Å². The molecule has 25 heavy (non-hydrogen) atoms. The van der Waals surface area contributed by atoms with Crippen molar-refractivity contribution >= 4 is 11.9 Å². The predicted molar refractivity (Wildman–Crippen MR) is 95.7 cm³/mol. The molecule has 2 rings (SSSR count). The molecule has 1 aliphatic rings. The minimum atomic E-state index is -0.801. The molecule has 0 aromatic carbocycles. The van der Waals surface area contributed by atoms with Gasteiger partial charge in [0.05, 0.1) is 7.11 Å². The molecule has 0 saturated heterocycles. The van der Waals surface area contributed by atoms with Crippen LogP contribution in [-0.2, 0) is 16.1 Å². The minimum absolute atomic E-state index is 0.0784. The van der Waals surface area contributed by atoms with Crippen LogP contribution in [0.15, 0.2) is 10.9 Å². The molecule has 1 aromatic heterocycles. The number of methoxy groups -OCH3 is 1. The van der Waals surface area contributed by atoms with Crippen LogP contribution in [0.2, 0.25) is 0 Å². The van der Waals surface area contributed by atoms with E-state index < -0.39 is 17.9 Å². The van der Waals surface area contributed by atoms with Gasteiger partial charge in [-0.25, -0.2) is 4.79 Å². The highest BCUT2D eigenvalue weighted by atomic mass is 16.5. The summed E-state index contributed by atoms with van der Waals surface area (Å²) in [6.45, 7) is 6.00. The summed E-state index contributed by atoms with van der Waals surface area (Å²) in [7, 11) is 1.26. The lowest BCUT2D eigenvalue weighted by Crippen LogP contribution is -2.42. The fraction of sp³-hybridized carbons (Fsp3) is 0.632. The van der Waals surface area contributed by atoms with Gasteiger partial charge in [-0.2, -0.15) is 0 Å². The molecule has 0 aliphatic heterocycles. The molecule has 1 amide bonds. The highest BCUT2D eigenvalue weighted by Gasteiger charge is 2.22. The number of amides is 1. The molecule has 6 heteroatoms. The molecule has 0 radical (unpaired) electrons. The van der Waals surface area contributed by atoms with Crippen molar-refractivity contribution < 1.29 is 14.3 Å². The van der Waals surface area contributed by atoms with Gasteiger partial charge in [0.25, 0.3) is 11.5 Å². The molecule has 1 atom stereocenters. The maximum absolute atomic E-state index is 12.9. The molecule has 1 N–H and O–H groups in total. The number of hydrogen-bond donors (Lipinski definition) is 1. The number of esters is 1. The van der Waals surface area contributed by atoms with Crippen LogP contribution in [0.3, 0.4) is 0 Å². The van der Waals surface area contributed by atoms with E-state index in [-0.39, 0.29) is 11.1 Å². The molecule has 0 spiro atoms. The number of ether oxygens (including phenoxy) is 1. The average molecular weight is 348 g/mol. The van der Waals surface area contributed by atoms with Gasteiger partial charge >= 0.3 is 5.97 Å². The van der Waals surface area contributed by atoms with Crippen molar-refractivity contribution in [1.82, 2.24) is 9.88 Å². The highest BCUT2D eigenvalue weighted by Crippen LogP contribution is 2.25. The van der Waals surface area contributed by atoms with Crippen molar-refractivity contribution in [1.29, 1.82) is 0 Å². The first-order chi connectivity index (χ1) is 11.8. The molecule has 0 bridgehead atoms. The number of pyridine rings is 1. The van der Waals surface area contributed by atoms with Gasteiger partial charge in [-0.15, -0.1) is 0 Å². The second-order valence-electron chi connectivity index (χ2n) is 6.96. The van der Waals surface area contributed by atoms with Crippen molar-refractivity contribution in [3.8, 4) is 0 Å². The summed E-state index contributed by atoms with van der Waals surface area (Å²) in [5.74, 6) is -0.597. The van der Waals surface area contributed by atoms with Gasteiger partial charge in [0.15, 0.2) is 0 Å². The fourth-order valence-corrected chi connectivity index (χ4v) is 3.41. The summed E-state index contributed by atoms with van der Waals surface area (Å²) in [5, 5.41) is 2.54. The van der Waals surface area contributed by atoms with E-state index in [1.807, 2.05) is 13.8 Å². The Balaban J connectivity index is 2.28. The van der Waals surface area contributed by atoms with Crippen molar-refractivity contribution in [2.24, 2.45) is 5.92 Å². The molecule has 1 unspecified atom stereocenters. The topological polar surface area (TPSA) is 77.4 Å². The van der Waals surface area contributed by atoms with Gasteiger partial charge in [-0.1, -0.05) is 19.3 Å². The van der Waals surface area contributed by atoms with Gasteiger partial charge in [-0.3, -0.25) is 9.59 Å². The molecule has 1 fully saturated rings. The van der Waals surface area contributed by atoms with E-state index in [9.17, 15) is 14.4 Å². The van der Waals surface area contributed by atoms with Crippen LogP contribution in [-0.4, -0.2) is 29.6 Å². The summed E-state index contributed by atoms with van der Waals surface area (Å²) >= 11 is 0. The number of aromatic nitrogens is 1. The van der Waals surface area contributed by atoms with Crippen LogP contribution in [0, 0.1) is 19.8 Å². The predicted octanol–water partition coefficient (Wildman–Crippen LogP) is 2.34. The van der Waals surface area contributed by atoms with E-state index in [0.717, 1.165) is 24.1 Å². The molecule has 1 heterocycles. The number of carbonyl (C=O) groups is 2.